The fraction of sp³-hybridized carbons (Fsp3) is 0.222. The highest BCUT2D eigenvalue weighted by molar-refractivity contribution is 14.1. The predicted molar refractivity (Wildman–Crippen MR) is 72.5 cm³/mol. The van der Waals surface area contributed by atoms with E-state index in [0.29, 0.717) is 6.54 Å². The van der Waals surface area contributed by atoms with Crippen LogP contribution in [0.15, 0.2) is 12.1 Å². The lowest BCUT2D eigenvalue weighted by molar-refractivity contribution is 0.697. The van der Waals surface area contributed by atoms with Crippen LogP contribution in [0.2, 0.25) is 4.34 Å². The summed E-state index contributed by atoms with van der Waals surface area (Å²) in [5.74, 6) is 0.720. The lowest BCUT2D eigenvalue weighted by atomic mass is 10.4. The molecule has 0 spiro atoms. The maximum absolute atomic E-state index is 5.92. The van der Waals surface area contributed by atoms with Crippen LogP contribution in [0.25, 0.3) is 0 Å². The molecule has 2 heterocycles. The summed E-state index contributed by atoms with van der Waals surface area (Å²) in [6.45, 7) is 2.64. The van der Waals surface area contributed by atoms with Gasteiger partial charge in [0.1, 0.15) is 5.82 Å². The van der Waals surface area contributed by atoms with Crippen molar-refractivity contribution in [1.29, 1.82) is 0 Å². The van der Waals surface area contributed by atoms with E-state index in [2.05, 4.69) is 27.7 Å². The van der Waals surface area contributed by atoms with Crippen molar-refractivity contribution in [2.45, 2.75) is 13.5 Å². The Morgan fingerprint density at radius 2 is 2.33 bits per heavy atom. The van der Waals surface area contributed by atoms with Crippen molar-refractivity contribution < 1.29 is 0 Å². The molecule has 0 unspecified atom stereocenters. The fourth-order valence-electron chi connectivity index (χ4n) is 1.28. The third-order valence-corrected chi connectivity index (χ3v) is 4.57. The molecule has 15 heavy (non-hydrogen) atoms. The van der Waals surface area contributed by atoms with Crippen LogP contribution in [0.3, 0.4) is 0 Å². The van der Waals surface area contributed by atoms with E-state index in [9.17, 15) is 0 Å². The molecule has 0 aliphatic rings. The molecular formula is C9H9ClIN3S. The number of nitrogens with zero attached hydrogens (tertiary/aromatic N) is 2. The van der Waals surface area contributed by atoms with Crippen LogP contribution in [0, 0.1) is 10.5 Å². The van der Waals surface area contributed by atoms with Gasteiger partial charge in [-0.05, 0) is 41.6 Å². The molecular weight excluding hydrogens is 345 g/mol. The zero-order valence-corrected chi connectivity index (χ0v) is 11.7. The van der Waals surface area contributed by atoms with E-state index in [1.807, 2.05) is 19.1 Å². The van der Waals surface area contributed by atoms with Gasteiger partial charge in [0.25, 0.3) is 0 Å². The highest BCUT2D eigenvalue weighted by Gasteiger charge is 2.10. The van der Waals surface area contributed by atoms with E-state index in [1.54, 1.807) is 16.0 Å². The molecule has 2 aromatic heterocycles. The first-order valence-electron chi connectivity index (χ1n) is 4.30. The van der Waals surface area contributed by atoms with Gasteiger partial charge in [0.2, 0.25) is 0 Å². The molecule has 0 saturated heterocycles. The number of hydrogen-bond donors (Lipinski definition) is 1. The molecule has 2 aromatic rings. The molecule has 0 aliphatic heterocycles. The third kappa shape index (κ3) is 2.29. The Morgan fingerprint density at radius 1 is 1.60 bits per heavy atom. The minimum atomic E-state index is 0.688. The molecule has 0 aromatic carbocycles. The average Bonchev–Trinajstić information content (AvgIpc) is 2.68. The molecule has 0 atom stereocenters. The predicted octanol–water partition coefficient (Wildman–Crippen LogP) is 3.14. The van der Waals surface area contributed by atoms with Crippen LogP contribution in [0.5, 0.6) is 0 Å². The summed E-state index contributed by atoms with van der Waals surface area (Å²) in [5.41, 5.74) is 6.89. The Hall–Kier alpha value is -0.270. The maximum Gasteiger partial charge on any atom is 0.135 e. The number of anilines is 1. The van der Waals surface area contributed by atoms with Gasteiger partial charge in [-0.2, -0.15) is 5.10 Å². The van der Waals surface area contributed by atoms with Gasteiger partial charge in [-0.3, -0.25) is 0 Å². The summed E-state index contributed by atoms with van der Waals surface area (Å²) < 4.78 is 3.62. The molecule has 2 rings (SSSR count). The molecule has 0 amide bonds. The van der Waals surface area contributed by atoms with Crippen molar-refractivity contribution in [2.75, 3.05) is 5.73 Å². The Balaban J connectivity index is 2.28. The number of nitrogens with two attached hydrogens (primary N) is 1. The number of nitrogen functional groups attached to an aromatic ring is 1. The van der Waals surface area contributed by atoms with Gasteiger partial charge in [0.05, 0.1) is 20.1 Å². The first kappa shape index (κ1) is 11.2. The molecule has 2 N–H and O–H groups in total. The zero-order chi connectivity index (χ0) is 11.0. The Morgan fingerprint density at radius 3 is 2.80 bits per heavy atom. The van der Waals surface area contributed by atoms with Crippen LogP contribution >= 0.6 is 45.5 Å². The van der Waals surface area contributed by atoms with E-state index in [1.165, 1.54) is 0 Å². The van der Waals surface area contributed by atoms with Gasteiger partial charge in [-0.1, -0.05) is 11.6 Å². The first-order chi connectivity index (χ1) is 7.08. The van der Waals surface area contributed by atoms with Crippen molar-refractivity contribution in [3.63, 3.8) is 0 Å². The van der Waals surface area contributed by atoms with Gasteiger partial charge >= 0.3 is 0 Å². The minimum Gasteiger partial charge on any atom is -0.383 e. The summed E-state index contributed by atoms with van der Waals surface area (Å²) in [4.78, 5) is 1.16. The fourth-order valence-corrected chi connectivity index (χ4v) is 2.74. The maximum atomic E-state index is 5.92. The van der Waals surface area contributed by atoms with Crippen molar-refractivity contribution >= 4 is 51.3 Å². The van der Waals surface area contributed by atoms with Gasteiger partial charge in [-0.25, -0.2) is 4.68 Å². The topological polar surface area (TPSA) is 43.8 Å². The summed E-state index contributed by atoms with van der Waals surface area (Å²) in [5, 5.41) is 4.36. The van der Waals surface area contributed by atoms with Gasteiger partial charge in [0, 0.05) is 4.88 Å². The molecule has 6 heteroatoms. The summed E-state index contributed by atoms with van der Waals surface area (Å²) in [6, 6.07) is 3.88. The number of aromatic nitrogens is 2. The smallest absolute Gasteiger partial charge is 0.135 e. The standard InChI is InChI=1S/C9H9ClIN3S/c1-5-8(11)9(12)14(13-5)4-6-2-3-7(10)15-6/h2-3H,4,12H2,1H3. The quantitative estimate of drug-likeness (QED) is 0.843. The summed E-state index contributed by atoms with van der Waals surface area (Å²) in [7, 11) is 0. The van der Waals surface area contributed by atoms with Crippen LogP contribution in [-0.2, 0) is 6.54 Å². The van der Waals surface area contributed by atoms with E-state index in [4.69, 9.17) is 17.3 Å². The second-order valence-electron chi connectivity index (χ2n) is 3.15. The minimum absolute atomic E-state index is 0.688. The van der Waals surface area contributed by atoms with E-state index < -0.39 is 0 Å². The third-order valence-electron chi connectivity index (χ3n) is 2.03. The van der Waals surface area contributed by atoms with Gasteiger partial charge in [-0.15, -0.1) is 11.3 Å². The highest BCUT2D eigenvalue weighted by Crippen LogP contribution is 2.24. The Kier molecular flexibility index (Phi) is 3.22. The second kappa shape index (κ2) is 4.31. The highest BCUT2D eigenvalue weighted by atomic mass is 127. The van der Waals surface area contributed by atoms with Crippen molar-refractivity contribution in [2.24, 2.45) is 0 Å². The number of aryl methyl sites for hydroxylation is 1. The normalized spacial score (nSPS) is 10.9. The van der Waals surface area contributed by atoms with Crippen LogP contribution in [0.4, 0.5) is 5.82 Å². The Bertz CT molecular complexity index is 492. The molecule has 80 valence electrons. The summed E-state index contributed by atoms with van der Waals surface area (Å²) in [6.07, 6.45) is 0. The zero-order valence-electron chi connectivity index (χ0n) is 8.00. The van der Waals surface area contributed by atoms with Crippen molar-refractivity contribution in [1.82, 2.24) is 9.78 Å². The van der Waals surface area contributed by atoms with E-state index in [-0.39, 0.29) is 0 Å². The molecule has 3 nitrogen and oxygen atoms in total. The second-order valence-corrected chi connectivity index (χ2v) is 6.03. The van der Waals surface area contributed by atoms with E-state index in [0.717, 1.165) is 24.3 Å². The van der Waals surface area contributed by atoms with Gasteiger partial charge in [0.15, 0.2) is 0 Å². The number of thiophene rings is 1. The van der Waals surface area contributed by atoms with Gasteiger partial charge < -0.3 is 5.73 Å². The lowest BCUT2D eigenvalue weighted by Gasteiger charge is -2.00. The molecule has 0 fully saturated rings. The number of halogens is 2. The average molecular weight is 354 g/mol. The number of hydrogen-bond acceptors (Lipinski definition) is 3. The van der Waals surface area contributed by atoms with Crippen LogP contribution < -0.4 is 5.73 Å². The van der Waals surface area contributed by atoms with Crippen LogP contribution in [-0.4, -0.2) is 9.78 Å². The largest absolute Gasteiger partial charge is 0.383 e. The Labute approximate surface area is 110 Å². The van der Waals surface area contributed by atoms with Crippen molar-refractivity contribution in [3.8, 4) is 0 Å². The summed E-state index contributed by atoms with van der Waals surface area (Å²) >= 11 is 9.62. The van der Waals surface area contributed by atoms with Crippen LogP contribution in [0.1, 0.15) is 10.6 Å². The van der Waals surface area contributed by atoms with E-state index >= 15 is 0 Å². The first-order valence-corrected chi connectivity index (χ1v) is 6.58. The molecule has 0 aliphatic carbocycles. The number of rotatable bonds is 2. The molecule has 0 radical (unpaired) electrons. The monoisotopic (exact) mass is 353 g/mol. The molecule has 0 bridgehead atoms. The van der Waals surface area contributed by atoms with Crippen molar-refractivity contribution in [3.05, 3.63) is 30.6 Å². The lowest BCUT2D eigenvalue weighted by Crippen LogP contribution is -2.05. The molecule has 0 saturated carbocycles. The SMILES string of the molecule is Cc1nn(Cc2ccc(Cl)s2)c(N)c1I.